The first-order valence-corrected chi connectivity index (χ1v) is 4.20. The van der Waals surface area contributed by atoms with Gasteiger partial charge >= 0.3 is 6.03 Å². The van der Waals surface area contributed by atoms with Crippen LogP contribution in [0.2, 0.25) is 5.02 Å². The second kappa shape index (κ2) is 4.11. The minimum Gasteiger partial charge on any atom is -0.268 e. The van der Waals surface area contributed by atoms with Crippen LogP contribution in [0, 0.1) is 0 Å². The number of benzene rings is 1. The zero-order valence-corrected chi connectivity index (χ0v) is 8.21. The van der Waals surface area contributed by atoms with Gasteiger partial charge in [-0.1, -0.05) is 23.7 Å². The van der Waals surface area contributed by atoms with Crippen LogP contribution in [0.1, 0.15) is 10.4 Å². The van der Waals surface area contributed by atoms with Crippen molar-refractivity contribution >= 4 is 23.5 Å². The smallest absolute Gasteiger partial charge is 0.268 e. The summed E-state index contributed by atoms with van der Waals surface area (Å²) in [6.07, 6.45) is 0. The third-order valence-corrected chi connectivity index (χ3v) is 2.04. The molecule has 0 bridgehead atoms. The Morgan fingerprint density at radius 3 is 2.43 bits per heavy atom. The summed E-state index contributed by atoms with van der Waals surface area (Å²) in [7, 11) is 1.24. The van der Waals surface area contributed by atoms with Crippen LogP contribution in [-0.2, 0) is 0 Å². The van der Waals surface area contributed by atoms with Crippen LogP contribution in [0.4, 0.5) is 4.79 Å². The van der Waals surface area contributed by atoms with Gasteiger partial charge in [-0.25, -0.2) is 10.5 Å². The first kappa shape index (κ1) is 10.5. The molecule has 0 aromatic heterocycles. The maximum Gasteiger partial charge on any atom is 0.342 e. The standard InChI is InChI=1S/C9H8ClN2O2/c1-12(9(11)14)8(13)6-4-2-3-5-7(6)10/h2-5,11H,1H3. The molecule has 0 saturated heterocycles. The van der Waals surface area contributed by atoms with Gasteiger partial charge in [0.1, 0.15) is 0 Å². The van der Waals surface area contributed by atoms with Crippen molar-refractivity contribution in [2.45, 2.75) is 0 Å². The predicted octanol–water partition coefficient (Wildman–Crippen LogP) is 1.81. The number of imide groups is 1. The van der Waals surface area contributed by atoms with E-state index in [4.69, 9.17) is 17.3 Å². The normalized spacial score (nSPS) is 9.57. The van der Waals surface area contributed by atoms with Crippen LogP contribution in [-0.4, -0.2) is 23.9 Å². The van der Waals surface area contributed by atoms with Gasteiger partial charge in [0.15, 0.2) is 0 Å². The second-order valence-electron chi connectivity index (χ2n) is 2.65. The molecule has 1 N–H and O–H groups in total. The lowest BCUT2D eigenvalue weighted by molar-refractivity contribution is 0.0837. The van der Waals surface area contributed by atoms with Crippen LogP contribution in [0.3, 0.4) is 0 Å². The molecule has 0 aliphatic heterocycles. The third-order valence-electron chi connectivity index (χ3n) is 1.71. The van der Waals surface area contributed by atoms with Crippen LogP contribution in [0.15, 0.2) is 24.3 Å². The molecule has 1 rings (SSSR count). The van der Waals surface area contributed by atoms with Crippen LogP contribution >= 0.6 is 11.6 Å². The summed E-state index contributed by atoms with van der Waals surface area (Å²) in [4.78, 5) is 22.8. The topological polar surface area (TPSA) is 61.2 Å². The number of nitrogens with zero attached hydrogens (tertiary/aromatic N) is 1. The van der Waals surface area contributed by atoms with E-state index in [1.54, 1.807) is 18.2 Å². The molecule has 14 heavy (non-hydrogen) atoms. The van der Waals surface area contributed by atoms with Gasteiger partial charge in [0.05, 0.1) is 10.6 Å². The number of urea groups is 1. The van der Waals surface area contributed by atoms with Crippen molar-refractivity contribution < 1.29 is 9.59 Å². The summed E-state index contributed by atoms with van der Waals surface area (Å²) >= 11 is 5.75. The highest BCUT2D eigenvalue weighted by Crippen LogP contribution is 2.16. The number of rotatable bonds is 1. The van der Waals surface area contributed by atoms with E-state index in [1.165, 1.54) is 13.1 Å². The van der Waals surface area contributed by atoms with Crippen molar-refractivity contribution in [2.75, 3.05) is 7.05 Å². The maximum atomic E-state index is 11.5. The van der Waals surface area contributed by atoms with Gasteiger partial charge in [-0.3, -0.25) is 9.69 Å². The van der Waals surface area contributed by atoms with Gasteiger partial charge in [0, 0.05) is 7.05 Å². The Morgan fingerprint density at radius 1 is 1.36 bits per heavy atom. The summed E-state index contributed by atoms with van der Waals surface area (Å²) in [5.74, 6) is -0.574. The Bertz CT molecular complexity index is 379. The fraction of sp³-hybridized carbons (Fsp3) is 0.111. The number of carbonyl (C=O) groups excluding carboxylic acids is 2. The third kappa shape index (κ3) is 2.03. The Hall–Kier alpha value is -1.55. The summed E-state index contributed by atoms with van der Waals surface area (Å²) in [5.41, 5.74) is 6.98. The van der Waals surface area contributed by atoms with Crippen LogP contribution < -0.4 is 5.73 Å². The minimum absolute atomic E-state index is 0.220. The number of carbonyl (C=O) groups is 2. The molecule has 0 aliphatic rings. The van der Waals surface area contributed by atoms with Gasteiger partial charge in [-0.15, -0.1) is 0 Å². The molecule has 5 heteroatoms. The molecule has 0 atom stereocenters. The monoisotopic (exact) mass is 211 g/mol. The summed E-state index contributed by atoms with van der Waals surface area (Å²) < 4.78 is 0. The summed E-state index contributed by atoms with van der Waals surface area (Å²) in [5, 5.41) is 0.269. The quantitative estimate of drug-likeness (QED) is 0.711. The fourth-order valence-electron chi connectivity index (χ4n) is 0.908. The minimum atomic E-state index is -1.06. The summed E-state index contributed by atoms with van der Waals surface area (Å²) in [6, 6.07) is 5.32. The fourth-order valence-corrected chi connectivity index (χ4v) is 1.12. The van der Waals surface area contributed by atoms with Gasteiger partial charge in [-0.05, 0) is 12.1 Å². The Balaban J connectivity index is 3.01. The van der Waals surface area contributed by atoms with Crippen molar-refractivity contribution in [1.29, 1.82) is 0 Å². The lowest BCUT2D eigenvalue weighted by atomic mass is 10.2. The molecule has 0 saturated carbocycles. The number of halogens is 1. The van der Waals surface area contributed by atoms with Gasteiger partial charge in [0.25, 0.3) is 5.91 Å². The molecule has 0 aliphatic carbocycles. The Morgan fingerprint density at radius 2 is 1.93 bits per heavy atom. The van der Waals surface area contributed by atoms with Gasteiger partial charge < -0.3 is 0 Å². The molecular weight excluding hydrogens is 204 g/mol. The van der Waals surface area contributed by atoms with E-state index in [0.717, 1.165) is 0 Å². The number of hydrogen-bond donors (Lipinski definition) is 0. The first-order chi connectivity index (χ1) is 6.54. The molecule has 4 nitrogen and oxygen atoms in total. The van der Waals surface area contributed by atoms with Gasteiger partial charge in [0.2, 0.25) is 0 Å². The molecule has 0 heterocycles. The SMILES string of the molecule is CN(C([NH])=O)C(=O)c1ccccc1Cl. The molecule has 0 spiro atoms. The van der Waals surface area contributed by atoms with Crippen LogP contribution in [0.25, 0.3) is 0 Å². The van der Waals surface area contributed by atoms with Crippen molar-refractivity contribution in [3.8, 4) is 0 Å². The lowest BCUT2D eigenvalue weighted by Crippen LogP contribution is -2.32. The number of nitrogens with one attached hydrogen (secondary N) is 1. The van der Waals surface area contributed by atoms with E-state index in [9.17, 15) is 9.59 Å². The Kier molecular flexibility index (Phi) is 3.09. The van der Waals surface area contributed by atoms with E-state index in [2.05, 4.69) is 0 Å². The lowest BCUT2D eigenvalue weighted by Gasteiger charge is -2.11. The molecule has 0 fully saturated rings. The highest BCUT2D eigenvalue weighted by atomic mass is 35.5. The predicted molar refractivity (Wildman–Crippen MR) is 52.0 cm³/mol. The zero-order chi connectivity index (χ0) is 10.7. The van der Waals surface area contributed by atoms with Crippen molar-refractivity contribution in [3.63, 3.8) is 0 Å². The van der Waals surface area contributed by atoms with E-state index >= 15 is 0 Å². The van der Waals surface area contributed by atoms with E-state index in [1.807, 2.05) is 0 Å². The second-order valence-corrected chi connectivity index (χ2v) is 3.06. The van der Waals surface area contributed by atoms with E-state index in [-0.39, 0.29) is 10.6 Å². The number of hydrogen-bond acceptors (Lipinski definition) is 2. The molecule has 1 radical (unpaired) electrons. The van der Waals surface area contributed by atoms with Crippen LogP contribution in [0.5, 0.6) is 0 Å². The summed E-state index contributed by atoms with van der Waals surface area (Å²) in [6.45, 7) is 0. The molecular formula is C9H8ClN2O2. The first-order valence-electron chi connectivity index (χ1n) is 3.82. The molecule has 3 amide bonds. The maximum absolute atomic E-state index is 11.5. The zero-order valence-electron chi connectivity index (χ0n) is 7.45. The van der Waals surface area contributed by atoms with Gasteiger partial charge in [-0.2, -0.15) is 0 Å². The largest absolute Gasteiger partial charge is 0.342 e. The van der Waals surface area contributed by atoms with E-state index < -0.39 is 11.9 Å². The van der Waals surface area contributed by atoms with Crippen molar-refractivity contribution in [2.24, 2.45) is 0 Å². The highest BCUT2D eigenvalue weighted by Gasteiger charge is 2.18. The molecule has 1 aromatic rings. The molecule has 73 valence electrons. The van der Waals surface area contributed by atoms with Crippen molar-refractivity contribution in [3.05, 3.63) is 34.9 Å². The average Bonchev–Trinajstić information content (AvgIpc) is 2.16. The van der Waals surface area contributed by atoms with Crippen molar-refractivity contribution in [1.82, 2.24) is 10.6 Å². The highest BCUT2D eigenvalue weighted by molar-refractivity contribution is 6.34. The Labute approximate surface area is 86.3 Å². The average molecular weight is 212 g/mol. The molecule has 0 unspecified atom stereocenters. The molecule has 1 aromatic carbocycles. The van der Waals surface area contributed by atoms with E-state index in [0.29, 0.717) is 4.90 Å². The number of amides is 3.